The van der Waals surface area contributed by atoms with Gasteiger partial charge in [0, 0.05) is 17.3 Å². The molecule has 5 aromatic rings. The minimum absolute atomic E-state index is 0.362. The summed E-state index contributed by atoms with van der Waals surface area (Å²) in [5.41, 5.74) is 8.90. The van der Waals surface area contributed by atoms with Gasteiger partial charge in [-0.15, -0.1) is 0 Å². The molecule has 0 aliphatic rings. The van der Waals surface area contributed by atoms with E-state index >= 15 is 0 Å². The molecule has 0 unspecified atom stereocenters. The van der Waals surface area contributed by atoms with E-state index in [4.69, 9.17) is 17.3 Å². The standard InChI is InChI=1S/C30H30N4S/c1-20(2)24-16-11-17-25(21(3)4)28(24)33-19-32-34(30(33)35)29-26(22-12-7-5-8-13-22)18-31-27(29)23-14-9-6-10-15-23/h5-21,31H,1-4H3. The molecule has 0 saturated carbocycles. The van der Waals surface area contributed by atoms with E-state index in [1.165, 1.54) is 11.1 Å². The summed E-state index contributed by atoms with van der Waals surface area (Å²) in [5.74, 6) is 0.724. The molecule has 35 heavy (non-hydrogen) atoms. The van der Waals surface area contributed by atoms with E-state index in [0.29, 0.717) is 16.6 Å². The molecule has 3 aromatic carbocycles. The van der Waals surface area contributed by atoms with Gasteiger partial charge in [-0.25, -0.2) is 4.68 Å². The first-order valence-electron chi connectivity index (χ1n) is 12.1. The lowest BCUT2D eigenvalue weighted by Crippen LogP contribution is -2.07. The molecule has 0 radical (unpaired) electrons. The maximum atomic E-state index is 6.12. The summed E-state index contributed by atoms with van der Waals surface area (Å²) in [6.45, 7) is 8.91. The molecule has 2 heterocycles. The molecule has 5 rings (SSSR count). The lowest BCUT2D eigenvalue weighted by molar-refractivity contribution is 0.798. The monoisotopic (exact) mass is 478 g/mol. The number of hydrogen-bond acceptors (Lipinski definition) is 2. The third-order valence-corrected chi connectivity index (χ3v) is 6.83. The molecule has 0 atom stereocenters. The molecule has 176 valence electrons. The van der Waals surface area contributed by atoms with Crippen LogP contribution in [0.25, 0.3) is 33.8 Å². The molecular weight excluding hydrogens is 448 g/mol. The Kier molecular flexibility index (Phi) is 6.27. The average Bonchev–Trinajstić information content (AvgIpc) is 3.47. The van der Waals surface area contributed by atoms with Gasteiger partial charge in [-0.1, -0.05) is 107 Å². The van der Waals surface area contributed by atoms with Gasteiger partial charge in [0.2, 0.25) is 4.77 Å². The second-order valence-corrected chi connectivity index (χ2v) is 9.81. The summed E-state index contributed by atoms with van der Waals surface area (Å²) >= 11 is 6.12. The highest BCUT2D eigenvalue weighted by molar-refractivity contribution is 7.71. The van der Waals surface area contributed by atoms with Crippen molar-refractivity contribution in [3.05, 3.63) is 107 Å². The number of para-hydroxylation sites is 1. The Hall–Kier alpha value is -3.70. The van der Waals surface area contributed by atoms with Gasteiger partial charge in [-0.3, -0.25) is 4.57 Å². The normalized spacial score (nSPS) is 11.5. The van der Waals surface area contributed by atoms with Crippen molar-refractivity contribution in [1.82, 2.24) is 19.3 Å². The van der Waals surface area contributed by atoms with Gasteiger partial charge in [0.15, 0.2) is 0 Å². The number of hydrogen-bond donors (Lipinski definition) is 1. The lowest BCUT2D eigenvalue weighted by atomic mass is 9.92. The summed E-state index contributed by atoms with van der Waals surface area (Å²) in [6.07, 6.45) is 3.92. The highest BCUT2D eigenvalue weighted by Gasteiger charge is 2.22. The topological polar surface area (TPSA) is 38.5 Å². The molecule has 0 fully saturated rings. The molecule has 0 saturated heterocycles. The van der Waals surface area contributed by atoms with Gasteiger partial charge in [0.05, 0.1) is 11.4 Å². The van der Waals surface area contributed by atoms with Crippen LogP contribution in [0.2, 0.25) is 0 Å². The summed E-state index contributed by atoms with van der Waals surface area (Å²) in [7, 11) is 0. The van der Waals surface area contributed by atoms with E-state index in [-0.39, 0.29) is 0 Å². The van der Waals surface area contributed by atoms with Gasteiger partial charge in [0.1, 0.15) is 12.0 Å². The maximum Gasteiger partial charge on any atom is 0.207 e. The zero-order chi connectivity index (χ0) is 24.5. The number of aromatic amines is 1. The van der Waals surface area contributed by atoms with Crippen molar-refractivity contribution in [2.75, 3.05) is 0 Å². The van der Waals surface area contributed by atoms with E-state index in [2.05, 4.69) is 98.0 Å². The van der Waals surface area contributed by atoms with Gasteiger partial charge in [-0.05, 0) is 40.7 Å². The van der Waals surface area contributed by atoms with Gasteiger partial charge < -0.3 is 4.98 Å². The minimum atomic E-state index is 0.362. The quantitative estimate of drug-likeness (QED) is 0.249. The van der Waals surface area contributed by atoms with Crippen LogP contribution in [-0.4, -0.2) is 19.3 Å². The van der Waals surface area contributed by atoms with Crippen molar-refractivity contribution in [2.24, 2.45) is 0 Å². The van der Waals surface area contributed by atoms with Gasteiger partial charge in [-0.2, -0.15) is 5.10 Å². The van der Waals surface area contributed by atoms with Crippen LogP contribution in [0, 0.1) is 4.77 Å². The van der Waals surface area contributed by atoms with Crippen LogP contribution in [0.3, 0.4) is 0 Å². The molecule has 0 spiro atoms. The fourth-order valence-electron chi connectivity index (χ4n) is 4.70. The van der Waals surface area contributed by atoms with Crippen molar-refractivity contribution in [3.8, 4) is 33.8 Å². The van der Waals surface area contributed by atoms with Gasteiger partial charge in [0.25, 0.3) is 0 Å². The Bertz CT molecular complexity index is 1420. The number of H-pyrrole nitrogens is 1. The fourth-order valence-corrected chi connectivity index (χ4v) is 4.98. The van der Waals surface area contributed by atoms with Crippen molar-refractivity contribution in [2.45, 2.75) is 39.5 Å². The third-order valence-electron chi connectivity index (χ3n) is 6.47. The molecule has 4 nitrogen and oxygen atoms in total. The van der Waals surface area contributed by atoms with Gasteiger partial charge >= 0.3 is 0 Å². The van der Waals surface area contributed by atoms with Crippen LogP contribution in [0.15, 0.2) is 91.4 Å². The van der Waals surface area contributed by atoms with Crippen molar-refractivity contribution >= 4 is 12.2 Å². The van der Waals surface area contributed by atoms with E-state index in [1.807, 2.05) is 35.3 Å². The zero-order valence-electron chi connectivity index (χ0n) is 20.6. The molecule has 0 aliphatic carbocycles. The Morgan fingerprint density at radius 1 is 0.714 bits per heavy atom. The Labute approximate surface area is 211 Å². The number of nitrogens with zero attached hydrogens (tertiary/aromatic N) is 3. The van der Waals surface area contributed by atoms with Crippen LogP contribution in [0.5, 0.6) is 0 Å². The number of benzene rings is 3. The molecular formula is C30H30N4S. The van der Waals surface area contributed by atoms with Crippen LogP contribution < -0.4 is 0 Å². The smallest absolute Gasteiger partial charge is 0.207 e. The Morgan fingerprint density at radius 2 is 1.29 bits per heavy atom. The average molecular weight is 479 g/mol. The maximum absolute atomic E-state index is 6.12. The molecule has 0 aliphatic heterocycles. The molecule has 0 bridgehead atoms. The van der Waals surface area contributed by atoms with Crippen LogP contribution in [0.1, 0.15) is 50.7 Å². The van der Waals surface area contributed by atoms with Crippen LogP contribution in [-0.2, 0) is 0 Å². The number of nitrogens with one attached hydrogen (secondary N) is 1. The molecule has 0 amide bonds. The van der Waals surface area contributed by atoms with Crippen LogP contribution >= 0.6 is 12.2 Å². The number of rotatable bonds is 6. The molecule has 2 aromatic heterocycles. The number of aromatic nitrogens is 4. The SMILES string of the molecule is CC(C)c1cccc(C(C)C)c1-n1cnn(-c2c(-c3ccccc3)c[nH]c2-c2ccccc2)c1=S. The lowest BCUT2D eigenvalue weighted by Gasteiger charge is -2.19. The van der Waals surface area contributed by atoms with Crippen LogP contribution in [0.4, 0.5) is 0 Å². The Balaban J connectivity index is 1.78. The summed E-state index contributed by atoms with van der Waals surface area (Å²) in [4.78, 5) is 3.51. The molecule has 1 N–H and O–H groups in total. The second kappa shape index (κ2) is 9.51. The fraction of sp³-hybridized carbons (Fsp3) is 0.200. The summed E-state index contributed by atoms with van der Waals surface area (Å²) < 4.78 is 4.63. The first-order chi connectivity index (χ1) is 17.0. The minimum Gasteiger partial charge on any atom is -0.359 e. The van der Waals surface area contributed by atoms with Crippen molar-refractivity contribution in [1.29, 1.82) is 0 Å². The zero-order valence-corrected chi connectivity index (χ0v) is 21.4. The largest absolute Gasteiger partial charge is 0.359 e. The predicted molar refractivity (Wildman–Crippen MR) is 147 cm³/mol. The van der Waals surface area contributed by atoms with E-state index in [1.54, 1.807) is 0 Å². The van der Waals surface area contributed by atoms with E-state index in [0.717, 1.165) is 33.8 Å². The Morgan fingerprint density at radius 3 is 1.86 bits per heavy atom. The highest BCUT2D eigenvalue weighted by Crippen LogP contribution is 2.36. The highest BCUT2D eigenvalue weighted by atomic mass is 32.1. The molecule has 5 heteroatoms. The first kappa shape index (κ1) is 23.1. The second-order valence-electron chi connectivity index (χ2n) is 9.45. The van der Waals surface area contributed by atoms with E-state index in [9.17, 15) is 0 Å². The van der Waals surface area contributed by atoms with E-state index < -0.39 is 0 Å². The third kappa shape index (κ3) is 4.17. The van der Waals surface area contributed by atoms with Crippen molar-refractivity contribution < 1.29 is 0 Å². The van der Waals surface area contributed by atoms with Crippen molar-refractivity contribution in [3.63, 3.8) is 0 Å². The summed E-state index contributed by atoms with van der Waals surface area (Å²) in [6, 6.07) is 27.3. The first-order valence-corrected chi connectivity index (χ1v) is 12.5. The predicted octanol–water partition coefficient (Wildman–Crippen LogP) is 8.30. The summed E-state index contributed by atoms with van der Waals surface area (Å²) in [5, 5.41) is 4.86.